The van der Waals surface area contributed by atoms with E-state index in [0.717, 1.165) is 24.8 Å². The summed E-state index contributed by atoms with van der Waals surface area (Å²) in [7, 11) is 0. The molecule has 3 heterocycles. The molecule has 0 spiro atoms. The van der Waals surface area contributed by atoms with Gasteiger partial charge in [0, 0.05) is 5.92 Å². The molecule has 0 unspecified atom stereocenters. The maximum Gasteiger partial charge on any atom is 0.315 e. The van der Waals surface area contributed by atoms with Crippen LogP contribution in [-0.4, -0.2) is 180 Å². The Morgan fingerprint density at radius 1 is 0.692 bits per heavy atom. The van der Waals surface area contributed by atoms with Gasteiger partial charge in [-0.3, -0.25) is 4.79 Å². The highest BCUT2D eigenvalue weighted by Crippen LogP contribution is 2.76. The molecule has 0 radical (unpaired) electrons. The number of hydrogen-bond acceptors (Lipinski definition) is 18. The van der Waals surface area contributed by atoms with Crippen molar-refractivity contribution >= 4 is 5.97 Å². The quantitative estimate of drug-likeness (QED) is 0.0850. The second-order valence-corrected chi connectivity index (χ2v) is 22.7. The molecule has 3 aliphatic heterocycles. The van der Waals surface area contributed by atoms with E-state index in [1.165, 1.54) is 0 Å². The Kier molecular flexibility index (Phi) is 13.4. The van der Waals surface area contributed by atoms with E-state index in [1.807, 2.05) is 13.8 Å². The molecule has 18 heteroatoms. The fraction of sp³-hybridized carbons (Fsp3) is 0.936. The smallest absolute Gasteiger partial charge is 0.315 e. The lowest BCUT2D eigenvalue weighted by atomic mass is 9.33. The van der Waals surface area contributed by atoms with Crippen LogP contribution in [0.5, 0.6) is 0 Å². The lowest BCUT2D eigenvalue weighted by Crippen LogP contribution is -2.68. The number of fused-ring (bicyclic) bond motifs is 7. The Bertz CT molecular complexity index is 1770. The summed E-state index contributed by atoms with van der Waals surface area (Å²) in [4.78, 5) is 14.7. The maximum absolute atomic E-state index is 14.7. The Hall–Kier alpha value is -1.43. The molecule has 0 aromatic rings. The van der Waals surface area contributed by atoms with E-state index in [-0.39, 0.29) is 35.2 Å². The second kappa shape index (κ2) is 17.5. The third-order valence-corrected chi connectivity index (χ3v) is 19.3. The number of aliphatic hydroxyl groups is 11. The van der Waals surface area contributed by atoms with Crippen LogP contribution in [-0.2, 0) is 33.2 Å². The minimum Gasteiger partial charge on any atom is -0.432 e. The Labute approximate surface area is 380 Å². The summed E-state index contributed by atoms with van der Waals surface area (Å²) in [5.41, 5.74) is -2.75. The molecule has 372 valence electrons. The first-order chi connectivity index (χ1) is 30.3. The summed E-state index contributed by atoms with van der Waals surface area (Å²) >= 11 is 0. The fourth-order valence-corrected chi connectivity index (χ4v) is 15.0. The molecular formula is C47H76O18. The van der Waals surface area contributed by atoms with Crippen LogP contribution in [0.3, 0.4) is 0 Å². The van der Waals surface area contributed by atoms with Gasteiger partial charge in [-0.25, -0.2) is 0 Å². The van der Waals surface area contributed by atoms with Gasteiger partial charge in [0.25, 0.3) is 0 Å². The van der Waals surface area contributed by atoms with E-state index >= 15 is 0 Å². The number of allylic oxidation sites excluding steroid dienone is 1. The minimum absolute atomic E-state index is 0.154. The molecule has 0 aromatic heterocycles. The molecule has 8 rings (SSSR count). The zero-order valence-electron chi connectivity index (χ0n) is 38.8. The third-order valence-electron chi connectivity index (χ3n) is 19.3. The zero-order valence-corrected chi connectivity index (χ0v) is 38.8. The predicted molar refractivity (Wildman–Crippen MR) is 226 cm³/mol. The van der Waals surface area contributed by atoms with Crippen LogP contribution in [0, 0.1) is 50.7 Å². The number of hydrogen-bond donors (Lipinski definition) is 11. The number of carbonyl (C=O) groups excluding carboxylic acids is 1. The summed E-state index contributed by atoms with van der Waals surface area (Å²) in [6.45, 7) is 13.7. The van der Waals surface area contributed by atoms with Crippen molar-refractivity contribution in [3.63, 3.8) is 0 Å². The maximum atomic E-state index is 14.7. The van der Waals surface area contributed by atoms with Gasteiger partial charge in [-0.15, -0.1) is 0 Å². The van der Waals surface area contributed by atoms with Crippen molar-refractivity contribution in [3.05, 3.63) is 11.6 Å². The molecule has 0 amide bonds. The van der Waals surface area contributed by atoms with Gasteiger partial charge in [-0.05, 0) is 104 Å². The standard InChI is InChI=1S/C47H76O18/c1-21-10-15-47(41(58)65-39-35(57)33(55)31(53)25(19-49)62-39)17-16-44(5)22(37(47)46(21,7)59)8-9-27-43(4)13-12-28(42(2,3)26(43)11-14-45(27,44)6)63-40-36(29(51)23(50)20-60-40)64-38-34(56)32(54)30(52)24(18-48)61-38/h8,21,23-40,48-57,59H,9-20H2,1-7H3/t21-,23+,24-,25-,26+,27-,28+,29+,30-,31-,32+,33+,34-,35-,36-,37-,38+,39+,40+,43+,44-,45-,46-,47+/m1/s1. The van der Waals surface area contributed by atoms with Crippen molar-refractivity contribution in [2.45, 2.75) is 204 Å². The van der Waals surface area contributed by atoms with Crippen LogP contribution in [0.1, 0.15) is 106 Å². The number of ether oxygens (including phenoxy) is 6. The number of aliphatic hydroxyl groups excluding tert-OH is 10. The first kappa shape index (κ1) is 50.0. The van der Waals surface area contributed by atoms with Gasteiger partial charge < -0.3 is 84.6 Å². The molecule has 3 saturated heterocycles. The molecule has 8 aliphatic rings. The lowest BCUT2D eigenvalue weighted by molar-refractivity contribution is -0.367. The van der Waals surface area contributed by atoms with E-state index in [1.54, 1.807) is 0 Å². The van der Waals surface area contributed by atoms with Gasteiger partial charge in [-0.1, -0.05) is 53.2 Å². The Balaban J connectivity index is 1.05. The Morgan fingerprint density at radius 3 is 1.94 bits per heavy atom. The van der Waals surface area contributed by atoms with E-state index in [4.69, 9.17) is 28.4 Å². The van der Waals surface area contributed by atoms with Crippen LogP contribution < -0.4 is 0 Å². The van der Waals surface area contributed by atoms with E-state index in [9.17, 15) is 61.0 Å². The van der Waals surface area contributed by atoms with E-state index in [0.29, 0.717) is 38.5 Å². The van der Waals surface area contributed by atoms with Crippen molar-refractivity contribution in [3.8, 4) is 0 Å². The highest BCUT2D eigenvalue weighted by atomic mass is 16.8. The fourth-order valence-electron chi connectivity index (χ4n) is 15.0. The normalized spacial score (nSPS) is 55.4. The van der Waals surface area contributed by atoms with Gasteiger partial charge in [0.05, 0.1) is 36.9 Å². The number of carbonyl (C=O) groups is 1. The van der Waals surface area contributed by atoms with Gasteiger partial charge in [0.1, 0.15) is 67.1 Å². The molecule has 4 saturated carbocycles. The topological polar surface area (TPSA) is 295 Å². The molecule has 0 bridgehead atoms. The molecular weight excluding hydrogens is 852 g/mol. The van der Waals surface area contributed by atoms with E-state index in [2.05, 4.69) is 40.7 Å². The minimum atomic E-state index is -1.75. The van der Waals surface area contributed by atoms with Gasteiger partial charge in [0.15, 0.2) is 12.6 Å². The van der Waals surface area contributed by atoms with E-state index < -0.39 is 139 Å². The summed E-state index contributed by atoms with van der Waals surface area (Å²) in [6.07, 6.45) is -13.6. The van der Waals surface area contributed by atoms with Crippen LogP contribution in [0.25, 0.3) is 0 Å². The summed E-state index contributed by atoms with van der Waals surface area (Å²) in [5.74, 6) is -1.06. The van der Waals surface area contributed by atoms with Crippen molar-refractivity contribution in [2.75, 3.05) is 19.8 Å². The zero-order chi connectivity index (χ0) is 47.6. The Morgan fingerprint density at radius 2 is 1.31 bits per heavy atom. The highest BCUT2D eigenvalue weighted by Gasteiger charge is 2.72. The molecule has 5 aliphatic carbocycles. The average Bonchev–Trinajstić information content (AvgIpc) is 3.25. The monoisotopic (exact) mass is 929 g/mol. The lowest BCUT2D eigenvalue weighted by Gasteiger charge is -2.72. The molecule has 0 aromatic carbocycles. The molecule has 7 fully saturated rings. The summed E-state index contributed by atoms with van der Waals surface area (Å²) in [5, 5.41) is 117. The van der Waals surface area contributed by atoms with Crippen molar-refractivity contribution in [2.24, 2.45) is 50.7 Å². The largest absolute Gasteiger partial charge is 0.432 e. The second-order valence-electron chi connectivity index (χ2n) is 22.7. The molecule has 11 N–H and O–H groups in total. The van der Waals surface area contributed by atoms with Crippen LogP contribution in [0.2, 0.25) is 0 Å². The SMILES string of the molecule is C[C@@H]1CC[C@]2(C(=O)O[C@@H]3O[C@H](CO)[C@@H](O)[C@H](O)[C@H]3O)CC[C@]3(C)C(=CC[C@@H]4[C@@]5(C)CC[C@H](O[C@@H]6OC[C@H](O)[C@H](O)[C@H]6O[C@@H]6O[C@H](CO)[C@@H](O)[C@H](O)[C@H]6O)C(C)(C)[C@@H]5CC[C@]43C)[C@@H]2[C@]1(C)O. The van der Waals surface area contributed by atoms with Crippen LogP contribution in [0.4, 0.5) is 0 Å². The first-order valence-corrected chi connectivity index (χ1v) is 23.9. The summed E-state index contributed by atoms with van der Waals surface area (Å²) < 4.78 is 35.9. The van der Waals surface area contributed by atoms with Crippen molar-refractivity contribution in [1.82, 2.24) is 0 Å². The third kappa shape index (κ3) is 7.53. The average molecular weight is 929 g/mol. The first-order valence-electron chi connectivity index (χ1n) is 23.9. The van der Waals surface area contributed by atoms with Gasteiger partial charge >= 0.3 is 5.97 Å². The molecule has 24 atom stereocenters. The van der Waals surface area contributed by atoms with Gasteiger partial charge in [-0.2, -0.15) is 0 Å². The van der Waals surface area contributed by atoms with Crippen LogP contribution in [0.15, 0.2) is 11.6 Å². The highest BCUT2D eigenvalue weighted by molar-refractivity contribution is 5.79. The van der Waals surface area contributed by atoms with Crippen LogP contribution >= 0.6 is 0 Å². The number of rotatable bonds is 8. The predicted octanol–water partition coefficient (Wildman–Crippen LogP) is -0.250. The molecule has 18 nitrogen and oxygen atoms in total. The molecule has 65 heavy (non-hydrogen) atoms. The van der Waals surface area contributed by atoms with Gasteiger partial charge in [0.2, 0.25) is 6.29 Å². The van der Waals surface area contributed by atoms with Crippen molar-refractivity contribution < 1.29 is 89.4 Å². The summed E-state index contributed by atoms with van der Waals surface area (Å²) in [6, 6.07) is 0. The number of esters is 1. The van der Waals surface area contributed by atoms with Crippen molar-refractivity contribution in [1.29, 1.82) is 0 Å².